The molecular formula is C11H15NO. The molecule has 0 saturated carbocycles. The topological polar surface area (TPSA) is 32.3 Å². The highest BCUT2D eigenvalue weighted by Crippen LogP contribution is 2.22. The fourth-order valence-electron chi connectivity index (χ4n) is 1.81. The second-order valence-electron chi connectivity index (χ2n) is 3.60. The molecule has 1 aliphatic rings. The van der Waals surface area contributed by atoms with E-state index in [9.17, 15) is 5.11 Å². The van der Waals surface area contributed by atoms with Crippen molar-refractivity contribution in [3.8, 4) is 0 Å². The average Bonchev–Trinajstić information content (AvgIpc) is 2.20. The average molecular weight is 177 g/mol. The Morgan fingerprint density at radius 3 is 2.54 bits per heavy atom. The van der Waals surface area contributed by atoms with Gasteiger partial charge in [-0.25, -0.2) is 0 Å². The van der Waals surface area contributed by atoms with E-state index in [0.29, 0.717) is 6.04 Å². The van der Waals surface area contributed by atoms with Gasteiger partial charge >= 0.3 is 0 Å². The van der Waals surface area contributed by atoms with Crippen molar-refractivity contribution in [1.82, 2.24) is 5.32 Å². The zero-order chi connectivity index (χ0) is 9.10. The fraction of sp³-hybridized carbons (Fsp3) is 0.455. The monoisotopic (exact) mass is 177 g/mol. The van der Waals surface area contributed by atoms with Gasteiger partial charge in [-0.2, -0.15) is 0 Å². The predicted octanol–water partition coefficient (Wildman–Crippen LogP) is 1.47. The molecule has 2 heteroatoms. The van der Waals surface area contributed by atoms with Gasteiger partial charge in [0.15, 0.2) is 0 Å². The molecule has 13 heavy (non-hydrogen) atoms. The lowest BCUT2D eigenvalue weighted by molar-refractivity contribution is 0.126. The maximum atomic E-state index is 9.31. The maximum Gasteiger partial charge on any atom is 0.0665 e. The molecule has 1 aromatic rings. The van der Waals surface area contributed by atoms with Gasteiger partial charge in [0.05, 0.1) is 6.10 Å². The first-order valence-electron chi connectivity index (χ1n) is 4.82. The minimum Gasteiger partial charge on any atom is -0.392 e. The molecule has 1 heterocycles. The zero-order valence-electron chi connectivity index (χ0n) is 7.61. The minimum absolute atomic E-state index is 0.153. The van der Waals surface area contributed by atoms with Crippen molar-refractivity contribution in [2.45, 2.75) is 25.0 Å². The molecule has 2 atom stereocenters. The van der Waals surface area contributed by atoms with E-state index in [4.69, 9.17) is 0 Å². The van der Waals surface area contributed by atoms with Crippen LogP contribution >= 0.6 is 0 Å². The van der Waals surface area contributed by atoms with E-state index in [-0.39, 0.29) is 6.10 Å². The number of piperidine rings is 1. The molecule has 0 radical (unpaired) electrons. The smallest absolute Gasteiger partial charge is 0.0665 e. The molecule has 1 fully saturated rings. The van der Waals surface area contributed by atoms with Crippen LogP contribution in [0.2, 0.25) is 0 Å². The second-order valence-corrected chi connectivity index (χ2v) is 3.60. The summed E-state index contributed by atoms with van der Waals surface area (Å²) < 4.78 is 0. The first-order chi connectivity index (χ1) is 6.36. The van der Waals surface area contributed by atoms with E-state index in [2.05, 4.69) is 29.6 Å². The van der Waals surface area contributed by atoms with E-state index in [1.165, 1.54) is 5.56 Å². The maximum absolute atomic E-state index is 9.31. The van der Waals surface area contributed by atoms with Crippen molar-refractivity contribution < 1.29 is 5.11 Å². The SMILES string of the molecule is O[C@@H]1CCC(c2ccccc2)NC1. The van der Waals surface area contributed by atoms with E-state index in [1.807, 2.05) is 6.07 Å². The summed E-state index contributed by atoms with van der Waals surface area (Å²) in [5, 5.41) is 12.6. The first-order valence-corrected chi connectivity index (χ1v) is 4.82. The molecule has 0 aliphatic carbocycles. The highest BCUT2D eigenvalue weighted by Gasteiger charge is 2.19. The minimum atomic E-state index is -0.153. The molecule has 0 aromatic heterocycles. The van der Waals surface area contributed by atoms with Crippen LogP contribution in [0.5, 0.6) is 0 Å². The normalized spacial score (nSPS) is 28.7. The summed E-state index contributed by atoms with van der Waals surface area (Å²) in [6.07, 6.45) is 1.79. The lowest BCUT2D eigenvalue weighted by atomic mass is 9.96. The van der Waals surface area contributed by atoms with Gasteiger partial charge in [-0.15, -0.1) is 0 Å². The van der Waals surface area contributed by atoms with Crippen molar-refractivity contribution in [3.63, 3.8) is 0 Å². The van der Waals surface area contributed by atoms with Gasteiger partial charge in [0, 0.05) is 12.6 Å². The number of hydrogen-bond acceptors (Lipinski definition) is 2. The van der Waals surface area contributed by atoms with Crippen molar-refractivity contribution >= 4 is 0 Å². The van der Waals surface area contributed by atoms with Crippen LogP contribution in [0, 0.1) is 0 Å². The Morgan fingerprint density at radius 2 is 1.92 bits per heavy atom. The Balaban J connectivity index is 2.03. The highest BCUT2D eigenvalue weighted by atomic mass is 16.3. The number of nitrogens with one attached hydrogen (secondary N) is 1. The molecule has 2 nitrogen and oxygen atoms in total. The van der Waals surface area contributed by atoms with Crippen molar-refractivity contribution in [2.24, 2.45) is 0 Å². The Kier molecular flexibility index (Phi) is 2.62. The lowest BCUT2D eigenvalue weighted by Crippen LogP contribution is -2.36. The quantitative estimate of drug-likeness (QED) is 0.681. The third kappa shape index (κ3) is 2.08. The first kappa shape index (κ1) is 8.73. The van der Waals surface area contributed by atoms with Crippen LogP contribution in [0.25, 0.3) is 0 Å². The number of hydrogen-bond donors (Lipinski definition) is 2. The van der Waals surface area contributed by atoms with Crippen molar-refractivity contribution in [1.29, 1.82) is 0 Å². The summed E-state index contributed by atoms with van der Waals surface area (Å²) in [6, 6.07) is 10.8. The van der Waals surface area contributed by atoms with Crippen LogP contribution < -0.4 is 5.32 Å². The van der Waals surface area contributed by atoms with Crippen molar-refractivity contribution in [3.05, 3.63) is 35.9 Å². The zero-order valence-corrected chi connectivity index (χ0v) is 7.61. The summed E-state index contributed by atoms with van der Waals surface area (Å²) >= 11 is 0. The fourth-order valence-corrected chi connectivity index (χ4v) is 1.81. The van der Waals surface area contributed by atoms with E-state index >= 15 is 0 Å². The Bertz CT molecular complexity index is 252. The third-order valence-electron chi connectivity index (χ3n) is 2.59. The number of benzene rings is 1. The predicted molar refractivity (Wildman–Crippen MR) is 52.4 cm³/mol. The molecule has 0 spiro atoms. The highest BCUT2D eigenvalue weighted by molar-refractivity contribution is 5.19. The molecule has 1 aliphatic heterocycles. The van der Waals surface area contributed by atoms with E-state index in [1.54, 1.807) is 0 Å². The third-order valence-corrected chi connectivity index (χ3v) is 2.59. The van der Waals surface area contributed by atoms with Crippen LogP contribution in [0.3, 0.4) is 0 Å². The summed E-state index contributed by atoms with van der Waals surface area (Å²) in [7, 11) is 0. The summed E-state index contributed by atoms with van der Waals surface area (Å²) in [5.74, 6) is 0. The summed E-state index contributed by atoms with van der Waals surface area (Å²) in [4.78, 5) is 0. The van der Waals surface area contributed by atoms with Gasteiger partial charge < -0.3 is 10.4 Å². The molecule has 2 N–H and O–H groups in total. The Hall–Kier alpha value is -0.860. The molecule has 2 rings (SSSR count). The van der Waals surface area contributed by atoms with Crippen LogP contribution in [0.4, 0.5) is 0 Å². The molecule has 1 saturated heterocycles. The standard InChI is InChI=1S/C11H15NO/c13-10-6-7-11(12-8-10)9-4-2-1-3-5-9/h1-5,10-13H,6-8H2/t10-,11?/m1/s1. The second kappa shape index (κ2) is 3.90. The number of aliphatic hydroxyl groups excluding tert-OH is 1. The van der Waals surface area contributed by atoms with Gasteiger partial charge in [0.25, 0.3) is 0 Å². The lowest BCUT2D eigenvalue weighted by Gasteiger charge is -2.27. The molecular weight excluding hydrogens is 162 g/mol. The number of aliphatic hydroxyl groups is 1. The molecule has 1 aromatic carbocycles. The summed E-state index contributed by atoms with van der Waals surface area (Å²) in [6.45, 7) is 0.722. The van der Waals surface area contributed by atoms with Gasteiger partial charge in [-0.3, -0.25) is 0 Å². The van der Waals surface area contributed by atoms with Crippen LogP contribution in [0.1, 0.15) is 24.4 Å². The van der Waals surface area contributed by atoms with E-state index in [0.717, 1.165) is 19.4 Å². The Morgan fingerprint density at radius 1 is 1.15 bits per heavy atom. The Labute approximate surface area is 78.6 Å². The molecule has 70 valence electrons. The van der Waals surface area contributed by atoms with Crippen molar-refractivity contribution in [2.75, 3.05) is 6.54 Å². The summed E-state index contributed by atoms with van der Waals surface area (Å²) in [5.41, 5.74) is 1.33. The van der Waals surface area contributed by atoms with Gasteiger partial charge in [0.1, 0.15) is 0 Å². The largest absolute Gasteiger partial charge is 0.392 e. The molecule has 0 amide bonds. The van der Waals surface area contributed by atoms with Crippen LogP contribution in [-0.4, -0.2) is 17.8 Å². The van der Waals surface area contributed by atoms with Gasteiger partial charge in [-0.1, -0.05) is 30.3 Å². The van der Waals surface area contributed by atoms with E-state index < -0.39 is 0 Å². The molecule has 0 bridgehead atoms. The van der Waals surface area contributed by atoms with Gasteiger partial charge in [0.2, 0.25) is 0 Å². The van der Waals surface area contributed by atoms with Gasteiger partial charge in [-0.05, 0) is 18.4 Å². The van der Waals surface area contributed by atoms with Crippen LogP contribution in [-0.2, 0) is 0 Å². The number of rotatable bonds is 1. The molecule has 1 unspecified atom stereocenters. The number of β-amino-alcohol motifs (C(OH)–C–C–N with tert-alkyl or cyclic N) is 1. The van der Waals surface area contributed by atoms with Crippen LogP contribution in [0.15, 0.2) is 30.3 Å².